The van der Waals surface area contributed by atoms with Gasteiger partial charge in [-0.15, -0.1) is 0 Å². The molecule has 0 heterocycles. The van der Waals surface area contributed by atoms with E-state index in [2.05, 4.69) is 22.8 Å². The Morgan fingerprint density at radius 2 is 1.59 bits per heavy atom. The first kappa shape index (κ1) is 21.8. The number of fused-ring (bicyclic) bond motifs is 3. The lowest BCUT2D eigenvalue weighted by Gasteiger charge is -2.21. The summed E-state index contributed by atoms with van der Waals surface area (Å²) in [7, 11) is 1.36. The van der Waals surface area contributed by atoms with E-state index in [1.54, 1.807) is 0 Å². The zero-order valence-electron chi connectivity index (χ0n) is 17.7. The molecule has 8 heteroatoms. The third kappa shape index (κ3) is 4.60. The van der Waals surface area contributed by atoms with Crippen LogP contribution in [0.1, 0.15) is 29.9 Å². The van der Waals surface area contributed by atoms with Crippen molar-refractivity contribution in [1.82, 2.24) is 10.6 Å². The van der Waals surface area contributed by atoms with Gasteiger partial charge in [-0.05, 0) is 41.0 Å². The van der Waals surface area contributed by atoms with Gasteiger partial charge in [-0.25, -0.2) is 9.59 Å². The maximum atomic E-state index is 12.6. The first-order chi connectivity index (χ1) is 15.5. The molecule has 0 spiro atoms. The van der Waals surface area contributed by atoms with Crippen LogP contribution in [0.5, 0.6) is 0 Å². The molecule has 0 bridgehead atoms. The molecule has 3 N–H and O–H groups in total. The van der Waals surface area contributed by atoms with Crippen LogP contribution in [0.2, 0.25) is 0 Å². The van der Waals surface area contributed by atoms with Crippen molar-refractivity contribution in [2.24, 2.45) is 5.92 Å². The van der Waals surface area contributed by atoms with Crippen LogP contribution >= 0.6 is 0 Å². The van der Waals surface area contributed by atoms with Gasteiger partial charge >= 0.3 is 12.1 Å². The van der Waals surface area contributed by atoms with E-state index in [9.17, 15) is 19.5 Å². The highest BCUT2D eigenvalue weighted by molar-refractivity contribution is 5.90. The number of amides is 2. The van der Waals surface area contributed by atoms with E-state index in [1.807, 2.05) is 36.4 Å². The molecular formula is C24H26N2O6. The number of carboxylic acid groups (broad SMARTS) is 1. The second kappa shape index (κ2) is 9.40. The second-order valence-electron chi connectivity index (χ2n) is 8.14. The van der Waals surface area contributed by atoms with Crippen molar-refractivity contribution < 1.29 is 29.0 Å². The van der Waals surface area contributed by atoms with Crippen molar-refractivity contribution in [3.8, 4) is 11.1 Å². The number of ether oxygens (including phenoxy) is 2. The molecule has 0 aliphatic heterocycles. The number of hydrogen-bond acceptors (Lipinski definition) is 5. The molecule has 2 aliphatic carbocycles. The lowest BCUT2D eigenvalue weighted by molar-refractivity contribution is -0.143. The summed E-state index contributed by atoms with van der Waals surface area (Å²) in [6.45, 7) is -0.0241. The largest absolute Gasteiger partial charge is 0.480 e. The molecule has 2 unspecified atom stereocenters. The minimum absolute atomic E-state index is 0.0347. The summed E-state index contributed by atoms with van der Waals surface area (Å²) in [5.74, 6) is -1.87. The Kier molecular flexibility index (Phi) is 6.41. The Balaban J connectivity index is 1.40. The normalized spacial score (nSPS) is 16.4. The van der Waals surface area contributed by atoms with Crippen LogP contribution in [0.25, 0.3) is 11.1 Å². The van der Waals surface area contributed by atoms with Crippen molar-refractivity contribution in [1.29, 1.82) is 0 Å². The molecule has 2 aromatic rings. The van der Waals surface area contributed by atoms with Gasteiger partial charge in [0.05, 0.1) is 6.61 Å². The quantitative estimate of drug-likeness (QED) is 0.554. The average Bonchev–Trinajstić information content (AvgIpc) is 3.58. The van der Waals surface area contributed by atoms with Gasteiger partial charge in [0.15, 0.2) is 6.04 Å². The van der Waals surface area contributed by atoms with E-state index in [0.717, 1.165) is 35.1 Å². The van der Waals surface area contributed by atoms with Crippen molar-refractivity contribution in [3.63, 3.8) is 0 Å². The Labute approximate surface area is 185 Å². The smallest absolute Gasteiger partial charge is 0.407 e. The molecule has 0 aromatic heterocycles. The van der Waals surface area contributed by atoms with Gasteiger partial charge in [-0.2, -0.15) is 0 Å². The fourth-order valence-corrected chi connectivity index (χ4v) is 4.20. The predicted molar refractivity (Wildman–Crippen MR) is 116 cm³/mol. The molecule has 4 rings (SSSR count). The van der Waals surface area contributed by atoms with E-state index in [-0.39, 0.29) is 25.0 Å². The topological polar surface area (TPSA) is 114 Å². The van der Waals surface area contributed by atoms with Crippen molar-refractivity contribution in [3.05, 3.63) is 59.7 Å². The van der Waals surface area contributed by atoms with Crippen molar-refractivity contribution in [2.45, 2.75) is 30.8 Å². The molecular weight excluding hydrogens is 412 g/mol. The first-order valence-corrected chi connectivity index (χ1v) is 10.6. The number of nitrogens with one attached hydrogen (secondary N) is 2. The van der Waals surface area contributed by atoms with E-state index < -0.39 is 30.1 Å². The van der Waals surface area contributed by atoms with Gasteiger partial charge in [0.2, 0.25) is 5.91 Å². The monoisotopic (exact) mass is 438 g/mol. The number of methoxy groups -OCH3 is 1. The summed E-state index contributed by atoms with van der Waals surface area (Å²) >= 11 is 0. The van der Waals surface area contributed by atoms with Crippen molar-refractivity contribution in [2.75, 3.05) is 20.3 Å². The lowest BCUT2D eigenvalue weighted by atomic mass is 9.98. The van der Waals surface area contributed by atoms with Crippen LogP contribution in [-0.2, 0) is 19.1 Å². The predicted octanol–water partition coefficient (Wildman–Crippen LogP) is 2.52. The maximum Gasteiger partial charge on any atom is 0.407 e. The van der Waals surface area contributed by atoms with E-state index in [4.69, 9.17) is 9.47 Å². The molecule has 2 aromatic carbocycles. The Hall–Kier alpha value is -3.39. The van der Waals surface area contributed by atoms with E-state index >= 15 is 0 Å². The summed E-state index contributed by atoms with van der Waals surface area (Å²) in [5, 5.41) is 14.3. The molecule has 0 saturated heterocycles. The Morgan fingerprint density at radius 3 is 2.12 bits per heavy atom. The minimum Gasteiger partial charge on any atom is -0.480 e. The number of aliphatic carboxylic acids is 1. The van der Waals surface area contributed by atoms with Crippen LogP contribution < -0.4 is 10.6 Å². The molecule has 8 nitrogen and oxygen atoms in total. The van der Waals surface area contributed by atoms with Gasteiger partial charge < -0.3 is 25.2 Å². The molecule has 2 amide bonds. The van der Waals surface area contributed by atoms with Gasteiger partial charge in [0.1, 0.15) is 12.6 Å². The third-order valence-electron chi connectivity index (χ3n) is 5.94. The number of alkyl carbamates (subject to hydrolysis) is 1. The van der Waals surface area contributed by atoms with Gasteiger partial charge in [-0.3, -0.25) is 4.79 Å². The third-order valence-corrected chi connectivity index (χ3v) is 5.94. The molecule has 0 radical (unpaired) electrons. The zero-order chi connectivity index (χ0) is 22.7. The molecule has 1 saturated carbocycles. The fraction of sp³-hybridized carbons (Fsp3) is 0.375. The number of hydrogen-bond donors (Lipinski definition) is 3. The van der Waals surface area contributed by atoms with Crippen LogP contribution in [0.4, 0.5) is 4.79 Å². The highest BCUT2D eigenvalue weighted by Crippen LogP contribution is 2.44. The van der Waals surface area contributed by atoms with Gasteiger partial charge in [0, 0.05) is 13.0 Å². The first-order valence-electron chi connectivity index (χ1n) is 10.6. The highest BCUT2D eigenvalue weighted by atomic mass is 16.5. The minimum atomic E-state index is -1.20. The number of carbonyl (C=O) groups is 3. The molecule has 2 aliphatic rings. The van der Waals surface area contributed by atoms with Crippen LogP contribution in [0, 0.1) is 5.92 Å². The van der Waals surface area contributed by atoms with Gasteiger partial charge in [-0.1, -0.05) is 48.5 Å². The summed E-state index contributed by atoms with van der Waals surface area (Å²) in [5.41, 5.74) is 4.46. The van der Waals surface area contributed by atoms with Gasteiger partial charge in [0.25, 0.3) is 0 Å². The van der Waals surface area contributed by atoms with Crippen molar-refractivity contribution >= 4 is 18.0 Å². The van der Waals surface area contributed by atoms with Crippen LogP contribution in [0.15, 0.2) is 48.5 Å². The lowest BCUT2D eigenvalue weighted by Crippen LogP contribution is -2.53. The number of rotatable bonds is 9. The summed E-state index contributed by atoms with van der Waals surface area (Å²) in [4.78, 5) is 36.5. The van der Waals surface area contributed by atoms with E-state index in [0.29, 0.717) is 0 Å². The summed E-state index contributed by atoms with van der Waals surface area (Å²) in [6, 6.07) is 14.0. The zero-order valence-corrected chi connectivity index (χ0v) is 17.7. The molecule has 32 heavy (non-hydrogen) atoms. The molecule has 2 atom stereocenters. The van der Waals surface area contributed by atoms with Crippen LogP contribution in [0.3, 0.4) is 0 Å². The number of carboxylic acids is 1. The molecule has 1 fully saturated rings. The second-order valence-corrected chi connectivity index (χ2v) is 8.14. The Bertz CT molecular complexity index is 974. The number of carbonyl (C=O) groups excluding carboxylic acids is 2. The number of benzene rings is 2. The fourth-order valence-electron chi connectivity index (χ4n) is 4.20. The Morgan fingerprint density at radius 1 is 1.00 bits per heavy atom. The standard InChI is InChI=1S/C24H26N2O6/c1-31-13-20(23(28)29)25-22(27)21(14-10-11-14)26-24(30)32-12-19-17-8-4-2-6-15(17)16-7-3-5-9-18(16)19/h2-9,14,19-21H,10-13H2,1H3,(H,25,27)(H,26,30)(H,28,29). The SMILES string of the molecule is COCC(NC(=O)C(NC(=O)OCC1c2ccccc2-c2ccccc21)C1CC1)C(=O)O. The summed E-state index contributed by atoms with van der Waals surface area (Å²) in [6.07, 6.45) is 0.866. The summed E-state index contributed by atoms with van der Waals surface area (Å²) < 4.78 is 10.4. The maximum absolute atomic E-state index is 12.6. The highest BCUT2D eigenvalue weighted by Gasteiger charge is 2.39. The van der Waals surface area contributed by atoms with E-state index in [1.165, 1.54) is 7.11 Å². The molecule has 168 valence electrons. The van der Waals surface area contributed by atoms with Crippen LogP contribution in [-0.4, -0.2) is 55.5 Å². The average molecular weight is 438 g/mol.